The highest BCUT2D eigenvalue weighted by Crippen LogP contribution is 2.29. The van der Waals surface area contributed by atoms with Gasteiger partial charge in [0.1, 0.15) is 0 Å². The Morgan fingerprint density at radius 1 is 1.22 bits per heavy atom. The molecule has 0 radical (unpaired) electrons. The first-order valence-electron chi connectivity index (χ1n) is 8.97. The molecule has 1 aliphatic heterocycles. The van der Waals surface area contributed by atoms with Crippen LogP contribution in [-0.2, 0) is 4.79 Å². The lowest BCUT2D eigenvalue weighted by Crippen LogP contribution is -2.38. The minimum absolute atomic E-state index is 0.152. The fourth-order valence-corrected chi connectivity index (χ4v) is 3.49. The average molecular weight is 337 g/mol. The van der Waals surface area contributed by atoms with Crippen molar-refractivity contribution < 1.29 is 4.79 Å². The zero-order valence-electron chi connectivity index (χ0n) is 14.2. The number of nitrogens with zero attached hydrogens (tertiary/aromatic N) is 1. The van der Waals surface area contributed by atoms with Gasteiger partial charge in [0.25, 0.3) is 0 Å². The highest BCUT2D eigenvalue weighted by Gasteiger charge is 2.23. The van der Waals surface area contributed by atoms with Crippen LogP contribution in [0.4, 0.5) is 0 Å². The van der Waals surface area contributed by atoms with E-state index in [-0.39, 0.29) is 11.9 Å². The van der Waals surface area contributed by atoms with Crippen LogP contribution in [0.2, 0.25) is 5.02 Å². The molecule has 3 nitrogen and oxygen atoms in total. The number of rotatable bonds is 7. The van der Waals surface area contributed by atoms with E-state index in [9.17, 15) is 4.79 Å². The lowest BCUT2D eigenvalue weighted by molar-refractivity contribution is -0.121. The van der Waals surface area contributed by atoms with Gasteiger partial charge in [0.15, 0.2) is 0 Å². The minimum Gasteiger partial charge on any atom is -0.354 e. The molecule has 0 spiro atoms. The molecule has 4 heteroatoms. The summed E-state index contributed by atoms with van der Waals surface area (Å²) in [6.07, 6.45) is 7.67. The summed E-state index contributed by atoms with van der Waals surface area (Å²) >= 11 is 6.44. The normalized spacial score (nSPS) is 17.5. The molecule has 1 heterocycles. The summed E-state index contributed by atoms with van der Waals surface area (Å²) in [6.45, 7) is 4.92. The third-order valence-corrected chi connectivity index (χ3v) is 4.94. The summed E-state index contributed by atoms with van der Waals surface area (Å²) in [5.74, 6) is 0.152. The summed E-state index contributed by atoms with van der Waals surface area (Å²) in [6, 6.07) is 8.21. The van der Waals surface area contributed by atoms with Crippen molar-refractivity contribution in [1.82, 2.24) is 10.2 Å². The Morgan fingerprint density at radius 3 is 2.57 bits per heavy atom. The third kappa shape index (κ3) is 5.82. The van der Waals surface area contributed by atoms with Crippen LogP contribution in [-0.4, -0.2) is 30.4 Å². The van der Waals surface area contributed by atoms with E-state index in [4.69, 9.17) is 11.6 Å². The Kier molecular flexibility index (Phi) is 7.90. The van der Waals surface area contributed by atoms with Crippen LogP contribution in [0.15, 0.2) is 24.3 Å². The smallest absolute Gasteiger partial charge is 0.220 e. The van der Waals surface area contributed by atoms with E-state index in [0.29, 0.717) is 13.0 Å². The average Bonchev–Trinajstić information content (AvgIpc) is 2.84. The highest BCUT2D eigenvalue weighted by molar-refractivity contribution is 6.31. The van der Waals surface area contributed by atoms with Crippen LogP contribution in [0.1, 0.15) is 63.5 Å². The van der Waals surface area contributed by atoms with Gasteiger partial charge < -0.3 is 5.32 Å². The second-order valence-corrected chi connectivity index (χ2v) is 6.80. The Labute approximate surface area is 145 Å². The number of hydrogen-bond acceptors (Lipinski definition) is 2. The first-order valence-corrected chi connectivity index (χ1v) is 9.35. The maximum Gasteiger partial charge on any atom is 0.220 e. The summed E-state index contributed by atoms with van der Waals surface area (Å²) < 4.78 is 0. The summed E-state index contributed by atoms with van der Waals surface area (Å²) in [5, 5.41) is 3.92. The third-order valence-electron chi connectivity index (χ3n) is 4.60. The Morgan fingerprint density at radius 2 is 1.91 bits per heavy atom. The summed E-state index contributed by atoms with van der Waals surface area (Å²) in [7, 11) is 0. The second kappa shape index (κ2) is 9.94. The zero-order chi connectivity index (χ0) is 16.5. The minimum atomic E-state index is 0.152. The van der Waals surface area contributed by atoms with Gasteiger partial charge in [0.2, 0.25) is 5.91 Å². The highest BCUT2D eigenvalue weighted by atomic mass is 35.5. The first-order chi connectivity index (χ1) is 11.2. The molecule has 1 N–H and O–H groups in total. The molecule has 1 aromatic carbocycles. The van der Waals surface area contributed by atoms with Gasteiger partial charge in [-0.15, -0.1) is 0 Å². The molecular weight excluding hydrogens is 308 g/mol. The summed E-state index contributed by atoms with van der Waals surface area (Å²) in [4.78, 5) is 14.5. The van der Waals surface area contributed by atoms with Gasteiger partial charge in [-0.2, -0.15) is 0 Å². The molecule has 0 aliphatic carbocycles. The Balaban J connectivity index is 2.08. The van der Waals surface area contributed by atoms with E-state index in [0.717, 1.165) is 36.5 Å². The molecule has 1 saturated heterocycles. The van der Waals surface area contributed by atoms with E-state index in [2.05, 4.69) is 23.2 Å². The summed E-state index contributed by atoms with van der Waals surface area (Å²) in [5.41, 5.74) is 1.13. The maximum absolute atomic E-state index is 12.0. The first kappa shape index (κ1) is 18.3. The van der Waals surface area contributed by atoms with E-state index in [1.807, 2.05) is 18.2 Å². The van der Waals surface area contributed by atoms with Crippen molar-refractivity contribution in [3.63, 3.8) is 0 Å². The van der Waals surface area contributed by atoms with Crippen molar-refractivity contribution >= 4 is 17.5 Å². The number of hydrogen-bond donors (Lipinski definition) is 1. The molecule has 0 saturated carbocycles. The van der Waals surface area contributed by atoms with E-state index in [1.165, 1.54) is 25.7 Å². The Bertz CT molecular complexity index is 484. The molecule has 0 unspecified atom stereocenters. The molecule has 1 aliphatic rings. The van der Waals surface area contributed by atoms with Crippen LogP contribution in [0.3, 0.4) is 0 Å². The molecule has 2 rings (SSSR count). The zero-order valence-corrected chi connectivity index (χ0v) is 14.9. The lowest BCUT2D eigenvalue weighted by atomic mass is 10.0. The van der Waals surface area contributed by atoms with Gasteiger partial charge in [-0.05, 0) is 44.0 Å². The van der Waals surface area contributed by atoms with Crippen LogP contribution >= 0.6 is 11.6 Å². The van der Waals surface area contributed by atoms with Crippen LogP contribution in [0.5, 0.6) is 0 Å². The molecule has 23 heavy (non-hydrogen) atoms. The van der Waals surface area contributed by atoms with Crippen molar-refractivity contribution in [3.8, 4) is 0 Å². The quantitative estimate of drug-likeness (QED) is 0.791. The van der Waals surface area contributed by atoms with Crippen LogP contribution in [0.25, 0.3) is 0 Å². The fraction of sp³-hybridized carbons (Fsp3) is 0.632. The van der Waals surface area contributed by atoms with Gasteiger partial charge >= 0.3 is 0 Å². The van der Waals surface area contributed by atoms with E-state index in [1.54, 1.807) is 0 Å². The van der Waals surface area contributed by atoms with Gasteiger partial charge in [-0.1, -0.05) is 56.0 Å². The maximum atomic E-state index is 12.0. The number of carbonyl (C=O) groups is 1. The predicted molar refractivity (Wildman–Crippen MR) is 96.8 cm³/mol. The molecule has 0 bridgehead atoms. The van der Waals surface area contributed by atoms with Crippen LogP contribution < -0.4 is 5.32 Å². The molecule has 0 aromatic heterocycles. The number of likely N-dealkylation sites (tertiary alicyclic amines) is 1. The number of unbranched alkanes of at least 4 members (excludes halogenated alkanes) is 1. The van der Waals surface area contributed by atoms with Crippen molar-refractivity contribution in [2.75, 3.05) is 19.6 Å². The van der Waals surface area contributed by atoms with Gasteiger partial charge in [-0.25, -0.2) is 0 Å². The van der Waals surface area contributed by atoms with Crippen molar-refractivity contribution in [2.24, 2.45) is 0 Å². The standard InChI is InChI=1S/C19H29ClN2O/c1-2-3-12-19(23)21-15-18(16-10-6-7-11-17(16)20)22-13-8-4-5-9-14-22/h6-7,10-11,18H,2-5,8-9,12-15H2,1H3,(H,21,23)/t18-/m1/s1. The van der Waals surface area contributed by atoms with Crippen molar-refractivity contribution in [2.45, 2.75) is 57.9 Å². The SMILES string of the molecule is CCCCC(=O)NC[C@H](c1ccccc1Cl)N1CCCCCC1. The predicted octanol–water partition coefficient (Wildman–Crippen LogP) is 4.56. The molecule has 1 amide bonds. The van der Waals surface area contributed by atoms with Gasteiger partial charge in [0, 0.05) is 18.0 Å². The van der Waals surface area contributed by atoms with Crippen LogP contribution in [0, 0.1) is 0 Å². The van der Waals surface area contributed by atoms with Gasteiger partial charge in [0.05, 0.1) is 6.04 Å². The number of amides is 1. The van der Waals surface area contributed by atoms with Crippen molar-refractivity contribution in [1.29, 1.82) is 0 Å². The molecule has 1 atom stereocenters. The van der Waals surface area contributed by atoms with Gasteiger partial charge in [-0.3, -0.25) is 9.69 Å². The van der Waals surface area contributed by atoms with E-state index < -0.39 is 0 Å². The van der Waals surface area contributed by atoms with E-state index >= 15 is 0 Å². The second-order valence-electron chi connectivity index (χ2n) is 6.40. The van der Waals surface area contributed by atoms with Crippen molar-refractivity contribution in [3.05, 3.63) is 34.9 Å². The Hall–Kier alpha value is -1.06. The lowest BCUT2D eigenvalue weighted by Gasteiger charge is -2.31. The molecular formula is C19H29ClN2O. The number of halogens is 1. The topological polar surface area (TPSA) is 32.3 Å². The number of benzene rings is 1. The monoisotopic (exact) mass is 336 g/mol. The number of carbonyl (C=O) groups excluding carboxylic acids is 1. The molecule has 1 aromatic rings. The molecule has 128 valence electrons. The molecule has 1 fully saturated rings. The largest absolute Gasteiger partial charge is 0.354 e. The fourth-order valence-electron chi connectivity index (χ4n) is 3.22. The number of nitrogens with one attached hydrogen (secondary N) is 1.